The summed E-state index contributed by atoms with van der Waals surface area (Å²) in [5.74, 6) is 1.21. The lowest BCUT2D eigenvalue weighted by molar-refractivity contribution is -0.132. The van der Waals surface area contributed by atoms with E-state index < -0.39 is 0 Å². The first kappa shape index (κ1) is 24.6. The number of rotatable bonds is 8. The van der Waals surface area contributed by atoms with E-state index in [2.05, 4.69) is 30.7 Å². The van der Waals surface area contributed by atoms with Crippen LogP contribution >= 0.6 is 12.2 Å². The Labute approximate surface area is 206 Å². The molecule has 3 fully saturated rings. The van der Waals surface area contributed by atoms with E-state index in [1.165, 1.54) is 0 Å². The molecule has 3 saturated heterocycles. The molecule has 11 heteroatoms. The monoisotopic (exact) mass is 489 g/mol. The van der Waals surface area contributed by atoms with Gasteiger partial charge in [0.1, 0.15) is 5.82 Å². The number of nitrogens with one attached hydrogen (secondary N) is 3. The molecule has 4 rings (SSSR count). The number of ether oxygens (including phenoxy) is 1. The molecular weight excluding hydrogens is 454 g/mol. The van der Waals surface area contributed by atoms with Gasteiger partial charge in [-0.25, -0.2) is 4.98 Å². The molecule has 0 spiro atoms. The minimum atomic E-state index is -0.171. The Bertz CT molecular complexity index is 850. The summed E-state index contributed by atoms with van der Waals surface area (Å²) in [6.45, 7) is 5.56. The van der Waals surface area contributed by atoms with Crippen molar-refractivity contribution in [2.75, 3.05) is 64.4 Å². The summed E-state index contributed by atoms with van der Waals surface area (Å²) in [6.07, 6.45) is 3.73. The second-order valence-electron chi connectivity index (χ2n) is 9.03. The van der Waals surface area contributed by atoms with Crippen molar-refractivity contribution < 1.29 is 14.3 Å². The Morgan fingerprint density at radius 2 is 2.12 bits per heavy atom. The molecule has 3 atom stereocenters. The lowest BCUT2D eigenvalue weighted by atomic mass is 10.0. The van der Waals surface area contributed by atoms with Crippen LogP contribution in [0.4, 0.5) is 5.82 Å². The van der Waals surface area contributed by atoms with Crippen molar-refractivity contribution in [3.05, 3.63) is 24.4 Å². The number of carbonyl (C=O) groups is 2. The highest BCUT2D eigenvalue weighted by Gasteiger charge is 2.43. The number of nitrogens with zero attached hydrogens (tertiary/aromatic N) is 4. The molecule has 34 heavy (non-hydrogen) atoms. The van der Waals surface area contributed by atoms with E-state index >= 15 is 0 Å². The van der Waals surface area contributed by atoms with Crippen LogP contribution in [0.3, 0.4) is 0 Å². The Hall–Kier alpha value is -2.50. The van der Waals surface area contributed by atoms with E-state index in [4.69, 9.17) is 17.0 Å². The standard InChI is InChI=1S/C23H35N7O3S/c1-33-13-8-25-23(34)27-17-14-19-22(32)26-15-18(30(19)16-17)5-6-21(31)29-11-9-28(10-12-29)20-4-2-3-7-24-20/h2-4,7,17-19H,5-6,8-16H2,1H3,(H,26,32)(H2,25,27,34). The summed E-state index contributed by atoms with van der Waals surface area (Å²) < 4.78 is 5.04. The average molecular weight is 490 g/mol. The molecule has 1 aromatic rings. The fourth-order valence-corrected chi connectivity index (χ4v) is 5.29. The van der Waals surface area contributed by atoms with Crippen LogP contribution in [0.5, 0.6) is 0 Å². The number of aromatic nitrogens is 1. The van der Waals surface area contributed by atoms with Gasteiger partial charge in [-0.15, -0.1) is 0 Å². The number of carbonyl (C=O) groups excluding carboxylic acids is 2. The number of fused-ring (bicyclic) bond motifs is 1. The molecule has 1 aromatic heterocycles. The van der Waals surface area contributed by atoms with E-state index in [0.29, 0.717) is 50.7 Å². The fourth-order valence-electron chi connectivity index (χ4n) is 5.03. The normalized spacial score (nSPS) is 25.0. The summed E-state index contributed by atoms with van der Waals surface area (Å²) >= 11 is 5.37. The van der Waals surface area contributed by atoms with Crippen molar-refractivity contribution in [2.24, 2.45) is 0 Å². The van der Waals surface area contributed by atoms with Gasteiger partial charge >= 0.3 is 0 Å². The number of piperazine rings is 2. The van der Waals surface area contributed by atoms with Crippen molar-refractivity contribution in [3.8, 4) is 0 Å². The van der Waals surface area contributed by atoms with Gasteiger partial charge in [-0.3, -0.25) is 14.5 Å². The predicted octanol–water partition coefficient (Wildman–Crippen LogP) is -0.438. The van der Waals surface area contributed by atoms with Crippen molar-refractivity contribution in [3.63, 3.8) is 0 Å². The van der Waals surface area contributed by atoms with Crippen molar-refractivity contribution >= 4 is 35.0 Å². The zero-order valence-electron chi connectivity index (χ0n) is 19.7. The van der Waals surface area contributed by atoms with Gasteiger partial charge in [0.05, 0.1) is 12.6 Å². The SMILES string of the molecule is COCCNC(=S)NC1CC2C(=O)NCC(CCC(=O)N3CCN(c4ccccn4)CC3)N2C1. The van der Waals surface area contributed by atoms with Crippen LogP contribution in [0.1, 0.15) is 19.3 Å². The van der Waals surface area contributed by atoms with Crippen LogP contribution in [0.15, 0.2) is 24.4 Å². The molecule has 10 nitrogen and oxygen atoms in total. The van der Waals surface area contributed by atoms with Crippen LogP contribution in [0.25, 0.3) is 0 Å². The zero-order chi connectivity index (χ0) is 23.9. The number of pyridine rings is 1. The van der Waals surface area contributed by atoms with Gasteiger partial charge in [0.25, 0.3) is 0 Å². The van der Waals surface area contributed by atoms with E-state index in [1.807, 2.05) is 23.1 Å². The van der Waals surface area contributed by atoms with Crippen LogP contribution in [0.2, 0.25) is 0 Å². The maximum atomic E-state index is 12.9. The van der Waals surface area contributed by atoms with Crippen LogP contribution in [-0.4, -0.2) is 109 Å². The molecular formula is C23H35N7O3S. The highest BCUT2D eigenvalue weighted by atomic mass is 32.1. The van der Waals surface area contributed by atoms with Gasteiger partial charge in [-0.1, -0.05) is 6.07 Å². The highest BCUT2D eigenvalue weighted by Crippen LogP contribution is 2.26. The van der Waals surface area contributed by atoms with Gasteiger partial charge < -0.3 is 30.5 Å². The van der Waals surface area contributed by atoms with Crippen molar-refractivity contribution in [1.82, 2.24) is 30.7 Å². The number of methoxy groups -OCH3 is 1. The first-order valence-electron chi connectivity index (χ1n) is 12.1. The molecule has 4 heterocycles. The molecule has 186 valence electrons. The number of hydrogen-bond acceptors (Lipinski definition) is 7. The Kier molecular flexibility index (Phi) is 8.52. The molecule has 3 unspecified atom stereocenters. The first-order chi connectivity index (χ1) is 16.5. The summed E-state index contributed by atoms with van der Waals surface area (Å²) in [5, 5.41) is 10.1. The number of thiocarbonyl (C=S) groups is 1. The molecule has 0 saturated carbocycles. The van der Waals surface area contributed by atoms with E-state index in [1.54, 1.807) is 13.3 Å². The van der Waals surface area contributed by atoms with E-state index in [-0.39, 0.29) is 29.9 Å². The summed E-state index contributed by atoms with van der Waals surface area (Å²) in [7, 11) is 1.65. The van der Waals surface area contributed by atoms with Crippen LogP contribution in [0, 0.1) is 0 Å². The topological polar surface area (TPSA) is 102 Å². The third kappa shape index (κ3) is 6.13. The molecule has 0 bridgehead atoms. The first-order valence-corrected chi connectivity index (χ1v) is 12.5. The van der Waals surface area contributed by atoms with Gasteiger partial charge in [0.2, 0.25) is 11.8 Å². The van der Waals surface area contributed by atoms with Crippen molar-refractivity contribution in [1.29, 1.82) is 0 Å². The largest absolute Gasteiger partial charge is 0.383 e. The Morgan fingerprint density at radius 3 is 2.85 bits per heavy atom. The van der Waals surface area contributed by atoms with Crippen molar-refractivity contribution in [2.45, 2.75) is 37.4 Å². The fraction of sp³-hybridized carbons (Fsp3) is 0.652. The third-order valence-electron chi connectivity index (χ3n) is 6.85. The van der Waals surface area contributed by atoms with Gasteiger partial charge in [0.15, 0.2) is 5.11 Å². The maximum Gasteiger partial charge on any atom is 0.237 e. The van der Waals surface area contributed by atoms with E-state index in [9.17, 15) is 9.59 Å². The summed E-state index contributed by atoms with van der Waals surface area (Å²) in [6, 6.07) is 5.99. The summed E-state index contributed by atoms with van der Waals surface area (Å²) in [4.78, 5) is 36.2. The average Bonchev–Trinajstić information content (AvgIpc) is 3.29. The molecule has 2 amide bonds. The quantitative estimate of drug-likeness (QED) is 0.331. The number of amides is 2. The number of anilines is 1. The highest BCUT2D eigenvalue weighted by molar-refractivity contribution is 7.80. The summed E-state index contributed by atoms with van der Waals surface area (Å²) in [5.41, 5.74) is 0. The smallest absolute Gasteiger partial charge is 0.237 e. The Morgan fingerprint density at radius 1 is 1.29 bits per heavy atom. The van der Waals surface area contributed by atoms with Crippen LogP contribution in [-0.2, 0) is 14.3 Å². The molecule has 0 aliphatic carbocycles. The molecule has 3 N–H and O–H groups in total. The molecule has 3 aliphatic rings. The molecule has 0 aromatic carbocycles. The Balaban J connectivity index is 1.23. The maximum absolute atomic E-state index is 12.9. The third-order valence-corrected chi connectivity index (χ3v) is 7.11. The predicted molar refractivity (Wildman–Crippen MR) is 134 cm³/mol. The molecule has 0 radical (unpaired) electrons. The van der Waals surface area contributed by atoms with Gasteiger partial charge in [-0.05, 0) is 37.2 Å². The second kappa shape index (κ2) is 11.8. The lowest BCUT2D eigenvalue weighted by Gasteiger charge is -2.38. The van der Waals surface area contributed by atoms with Crippen LogP contribution < -0.4 is 20.9 Å². The lowest BCUT2D eigenvalue weighted by Crippen LogP contribution is -2.58. The number of hydrogen-bond donors (Lipinski definition) is 3. The van der Waals surface area contributed by atoms with E-state index in [0.717, 1.165) is 31.9 Å². The second-order valence-corrected chi connectivity index (χ2v) is 9.44. The minimum Gasteiger partial charge on any atom is -0.383 e. The molecule has 3 aliphatic heterocycles. The minimum absolute atomic E-state index is 0.0655. The van der Waals surface area contributed by atoms with Gasteiger partial charge in [-0.2, -0.15) is 0 Å². The zero-order valence-corrected chi connectivity index (χ0v) is 20.6. The van der Waals surface area contributed by atoms with Gasteiger partial charge in [0, 0.05) is 77.6 Å².